The van der Waals surface area contributed by atoms with E-state index in [9.17, 15) is 26.2 Å². The monoisotopic (exact) mass is 467 g/mol. The van der Waals surface area contributed by atoms with Gasteiger partial charge in [0.25, 0.3) is 25.8 Å². The zero-order chi connectivity index (χ0) is 23.0. The van der Waals surface area contributed by atoms with Crippen molar-refractivity contribution in [3.63, 3.8) is 0 Å². The van der Waals surface area contributed by atoms with E-state index in [1.807, 2.05) is 0 Å². The second-order valence-electron chi connectivity index (χ2n) is 6.30. The lowest BCUT2D eigenvalue weighted by atomic mass is 10.3. The number of aromatic amines is 1. The lowest BCUT2D eigenvalue weighted by Gasteiger charge is -2.05. The molecule has 1 aromatic heterocycles. The van der Waals surface area contributed by atoms with E-state index in [1.165, 1.54) is 31.2 Å². The van der Waals surface area contributed by atoms with Crippen LogP contribution in [-0.4, -0.2) is 42.8 Å². The average Bonchev–Trinajstić information content (AvgIpc) is 2.98. The SMILES string of the molecule is CNc1ccc(S(=O)(=O)O)c(N=Nc2c(C)[nH]n(-c3ccc(S(=O)(=O)O)cc3)c2=O)c1. The van der Waals surface area contributed by atoms with Gasteiger partial charge < -0.3 is 5.32 Å². The third-order valence-electron chi connectivity index (χ3n) is 4.22. The Morgan fingerprint density at radius 1 is 0.968 bits per heavy atom. The van der Waals surface area contributed by atoms with Gasteiger partial charge >= 0.3 is 0 Å². The molecule has 0 amide bonds. The van der Waals surface area contributed by atoms with Crippen LogP contribution >= 0.6 is 0 Å². The van der Waals surface area contributed by atoms with Crippen LogP contribution in [-0.2, 0) is 20.2 Å². The average molecular weight is 467 g/mol. The van der Waals surface area contributed by atoms with Crippen LogP contribution in [0.5, 0.6) is 0 Å². The Hall–Kier alpha value is -3.33. The Labute approximate surface area is 176 Å². The van der Waals surface area contributed by atoms with E-state index in [1.54, 1.807) is 7.05 Å². The minimum absolute atomic E-state index is 0.130. The number of anilines is 1. The van der Waals surface area contributed by atoms with Crippen LogP contribution in [0.2, 0.25) is 0 Å². The van der Waals surface area contributed by atoms with E-state index >= 15 is 0 Å². The summed E-state index contributed by atoms with van der Waals surface area (Å²) in [6.07, 6.45) is 0. The maximum Gasteiger partial charge on any atom is 0.299 e. The van der Waals surface area contributed by atoms with Crippen molar-refractivity contribution in [2.24, 2.45) is 10.2 Å². The van der Waals surface area contributed by atoms with Crippen molar-refractivity contribution in [3.05, 3.63) is 58.5 Å². The third-order valence-corrected chi connectivity index (χ3v) is 5.99. The maximum atomic E-state index is 12.7. The Balaban J connectivity index is 2.05. The van der Waals surface area contributed by atoms with Gasteiger partial charge in [-0.25, -0.2) is 4.68 Å². The molecule has 12 nitrogen and oxygen atoms in total. The van der Waals surface area contributed by atoms with Crippen LogP contribution < -0.4 is 10.9 Å². The number of H-pyrrole nitrogens is 1. The van der Waals surface area contributed by atoms with E-state index in [0.29, 0.717) is 11.4 Å². The first-order chi connectivity index (χ1) is 14.4. The predicted octanol–water partition coefficient (Wildman–Crippen LogP) is 2.42. The molecule has 4 N–H and O–H groups in total. The van der Waals surface area contributed by atoms with Gasteiger partial charge in [-0.15, -0.1) is 10.2 Å². The summed E-state index contributed by atoms with van der Waals surface area (Å²) >= 11 is 0. The van der Waals surface area contributed by atoms with Crippen LogP contribution in [0.1, 0.15) is 5.69 Å². The van der Waals surface area contributed by atoms with Crippen LogP contribution in [0.3, 0.4) is 0 Å². The number of aromatic nitrogens is 2. The lowest BCUT2D eigenvalue weighted by molar-refractivity contribution is 0.481. The molecule has 0 bridgehead atoms. The highest BCUT2D eigenvalue weighted by Gasteiger charge is 2.18. The van der Waals surface area contributed by atoms with Gasteiger partial charge in [0.15, 0.2) is 5.69 Å². The zero-order valence-electron chi connectivity index (χ0n) is 16.1. The summed E-state index contributed by atoms with van der Waals surface area (Å²) in [5.41, 5.74) is 0.111. The molecule has 164 valence electrons. The maximum absolute atomic E-state index is 12.7. The number of aryl methyl sites for hydroxylation is 1. The summed E-state index contributed by atoms with van der Waals surface area (Å²) in [4.78, 5) is 11.9. The molecule has 0 radical (unpaired) electrons. The molecule has 0 aliphatic carbocycles. The molecule has 2 aromatic carbocycles. The summed E-state index contributed by atoms with van der Waals surface area (Å²) < 4.78 is 65.0. The quantitative estimate of drug-likeness (QED) is 0.314. The standard InChI is InChI=1S/C17H17N5O7S2/c1-10-16(20-19-14-9-11(18-2)3-8-15(14)31(27,28)29)17(23)22(21-10)12-4-6-13(7-5-12)30(24,25)26/h3-9,18,21H,1-2H3,(H,24,25,26)(H,27,28,29). The van der Waals surface area contributed by atoms with Crippen LogP contribution in [0.4, 0.5) is 17.1 Å². The Morgan fingerprint density at radius 2 is 1.61 bits per heavy atom. The first kappa shape index (κ1) is 22.4. The Kier molecular flexibility index (Phi) is 5.82. The van der Waals surface area contributed by atoms with Gasteiger partial charge in [-0.3, -0.25) is 19.0 Å². The highest BCUT2D eigenvalue weighted by Crippen LogP contribution is 2.29. The summed E-state index contributed by atoms with van der Waals surface area (Å²) in [7, 11) is -7.36. The van der Waals surface area contributed by atoms with Crippen molar-refractivity contribution in [1.82, 2.24) is 9.78 Å². The first-order valence-electron chi connectivity index (χ1n) is 8.52. The highest BCUT2D eigenvalue weighted by molar-refractivity contribution is 7.86. The molecule has 0 saturated heterocycles. The van der Waals surface area contributed by atoms with Crippen molar-refractivity contribution in [1.29, 1.82) is 0 Å². The number of rotatable bonds is 6. The normalized spacial score (nSPS) is 12.4. The summed E-state index contributed by atoms with van der Waals surface area (Å²) in [6.45, 7) is 1.53. The van der Waals surface area contributed by atoms with Gasteiger partial charge in [-0.05, 0) is 49.4 Å². The number of hydrogen-bond donors (Lipinski definition) is 4. The molecule has 0 spiro atoms. The van der Waals surface area contributed by atoms with Crippen LogP contribution in [0.15, 0.2) is 67.3 Å². The van der Waals surface area contributed by atoms with Crippen molar-refractivity contribution >= 4 is 37.3 Å². The zero-order valence-corrected chi connectivity index (χ0v) is 17.8. The minimum Gasteiger partial charge on any atom is -0.388 e. The van der Waals surface area contributed by atoms with Gasteiger partial charge in [0.2, 0.25) is 0 Å². The van der Waals surface area contributed by atoms with Gasteiger partial charge in [-0.1, -0.05) is 0 Å². The molecule has 0 aliphatic rings. The van der Waals surface area contributed by atoms with Gasteiger partial charge in [0, 0.05) is 12.7 Å². The van der Waals surface area contributed by atoms with E-state index in [-0.39, 0.29) is 22.0 Å². The number of benzene rings is 2. The lowest BCUT2D eigenvalue weighted by Crippen LogP contribution is -2.14. The molecule has 1 heterocycles. The molecule has 0 unspecified atom stereocenters. The summed E-state index contributed by atoms with van der Waals surface area (Å²) in [5, 5.41) is 13.2. The topological polar surface area (TPSA) is 183 Å². The van der Waals surface area contributed by atoms with Gasteiger partial charge in [0.05, 0.1) is 16.3 Å². The largest absolute Gasteiger partial charge is 0.388 e. The molecular formula is C17H17N5O7S2. The van der Waals surface area contributed by atoms with Crippen molar-refractivity contribution < 1.29 is 25.9 Å². The smallest absolute Gasteiger partial charge is 0.299 e. The van der Waals surface area contributed by atoms with E-state index in [2.05, 4.69) is 20.6 Å². The number of azo groups is 1. The highest BCUT2D eigenvalue weighted by atomic mass is 32.2. The third kappa shape index (κ3) is 4.72. The van der Waals surface area contributed by atoms with Gasteiger partial charge in [-0.2, -0.15) is 16.8 Å². The molecule has 0 atom stereocenters. The molecular weight excluding hydrogens is 450 g/mol. The Bertz CT molecular complexity index is 1440. The number of nitrogens with zero attached hydrogens (tertiary/aromatic N) is 3. The first-order valence-corrected chi connectivity index (χ1v) is 11.4. The minimum atomic E-state index is -4.58. The Morgan fingerprint density at radius 3 is 2.16 bits per heavy atom. The molecule has 0 aliphatic heterocycles. The predicted molar refractivity (Wildman–Crippen MR) is 111 cm³/mol. The second kappa shape index (κ2) is 8.07. The van der Waals surface area contributed by atoms with Crippen LogP contribution in [0.25, 0.3) is 5.69 Å². The van der Waals surface area contributed by atoms with Crippen LogP contribution in [0, 0.1) is 6.92 Å². The second-order valence-corrected chi connectivity index (χ2v) is 9.11. The molecule has 0 fully saturated rings. The van der Waals surface area contributed by atoms with Crippen molar-refractivity contribution in [3.8, 4) is 5.69 Å². The fourth-order valence-electron chi connectivity index (χ4n) is 2.68. The molecule has 3 aromatic rings. The number of nitrogens with one attached hydrogen (secondary N) is 2. The summed E-state index contributed by atoms with van der Waals surface area (Å²) in [6, 6.07) is 8.75. The molecule has 0 saturated carbocycles. The number of hydrogen-bond acceptors (Lipinski definition) is 8. The fourth-order valence-corrected chi connectivity index (χ4v) is 3.76. The van der Waals surface area contributed by atoms with E-state index < -0.39 is 30.7 Å². The van der Waals surface area contributed by atoms with E-state index in [4.69, 9.17) is 4.55 Å². The molecule has 31 heavy (non-hydrogen) atoms. The van der Waals surface area contributed by atoms with E-state index in [0.717, 1.165) is 22.9 Å². The molecule has 3 rings (SSSR count). The fraction of sp³-hybridized carbons (Fsp3) is 0.118. The van der Waals surface area contributed by atoms with Gasteiger partial charge in [0.1, 0.15) is 10.6 Å². The van der Waals surface area contributed by atoms with Crippen molar-refractivity contribution in [2.45, 2.75) is 16.7 Å². The molecule has 14 heteroatoms. The van der Waals surface area contributed by atoms with Crippen molar-refractivity contribution in [2.75, 3.05) is 12.4 Å². The summed E-state index contributed by atoms with van der Waals surface area (Å²) in [5.74, 6) is 0.